The molecule has 3 fully saturated rings. The van der Waals surface area contributed by atoms with Crippen molar-refractivity contribution in [3.8, 4) is 0 Å². The topological polar surface area (TPSA) is 91.2 Å². The predicted octanol–water partition coefficient (Wildman–Crippen LogP) is 4.05. The van der Waals surface area contributed by atoms with Crippen LogP contribution >= 0.6 is 11.6 Å². The summed E-state index contributed by atoms with van der Waals surface area (Å²) in [5.41, 5.74) is 4.12. The van der Waals surface area contributed by atoms with Crippen LogP contribution in [0.2, 0.25) is 5.02 Å². The normalized spacial score (nSPS) is 21.1. The van der Waals surface area contributed by atoms with Crippen LogP contribution in [0.3, 0.4) is 0 Å². The van der Waals surface area contributed by atoms with Crippen LogP contribution < -0.4 is 4.90 Å². The molecule has 2 atom stereocenters. The minimum Gasteiger partial charge on any atom is -0.446 e. The summed E-state index contributed by atoms with van der Waals surface area (Å²) in [6, 6.07) is 5.67. The van der Waals surface area contributed by atoms with Crippen LogP contribution in [0.25, 0.3) is 0 Å². The van der Waals surface area contributed by atoms with E-state index in [-0.39, 0.29) is 24.0 Å². The molecule has 2 unspecified atom stereocenters. The van der Waals surface area contributed by atoms with E-state index in [2.05, 4.69) is 10.00 Å². The van der Waals surface area contributed by atoms with E-state index in [4.69, 9.17) is 16.3 Å². The number of halogens is 1. The van der Waals surface area contributed by atoms with E-state index >= 15 is 0 Å². The van der Waals surface area contributed by atoms with E-state index in [9.17, 15) is 14.4 Å². The largest absolute Gasteiger partial charge is 0.446 e. The van der Waals surface area contributed by atoms with Crippen molar-refractivity contribution in [3.05, 3.63) is 45.7 Å². The summed E-state index contributed by atoms with van der Waals surface area (Å²) >= 11 is 6.43. The lowest BCUT2D eigenvalue weighted by Gasteiger charge is -2.32. The first kappa shape index (κ1) is 30.4. The molecule has 0 radical (unpaired) electrons. The number of benzene rings is 1. The molecule has 3 aliphatic rings. The van der Waals surface area contributed by atoms with Crippen molar-refractivity contribution in [1.29, 1.82) is 0 Å². The fourth-order valence-corrected chi connectivity index (χ4v) is 6.88. The van der Waals surface area contributed by atoms with Gasteiger partial charge in [0.2, 0.25) is 5.91 Å². The molecule has 0 spiro atoms. The molecule has 1 aromatic heterocycles. The first-order chi connectivity index (χ1) is 20.0. The quantitative estimate of drug-likeness (QED) is 0.478. The Morgan fingerprint density at radius 3 is 2.26 bits per heavy atom. The van der Waals surface area contributed by atoms with Crippen molar-refractivity contribution in [2.45, 2.75) is 53.1 Å². The number of likely N-dealkylation sites (tertiary alicyclic amines) is 3. The maximum atomic E-state index is 13.4. The third-order valence-corrected chi connectivity index (χ3v) is 9.68. The van der Waals surface area contributed by atoms with Gasteiger partial charge in [-0.05, 0) is 63.3 Å². The molecule has 10 nitrogen and oxygen atoms in total. The fourth-order valence-electron chi connectivity index (χ4n) is 6.70. The third kappa shape index (κ3) is 6.44. The lowest BCUT2D eigenvalue weighted by Crippen LogP contribution is -2.43. The van der Waals surface area contributed by atoms with Crippen molar-refractivity contribution in [3.63, 3.8) is 0 Å². The zero-order chi connectivity index (χ0) is 30.1. The highest BCUT2D eigenvalue weighted by atomic mass is 35.5. The number of anilines is 1. The molecule has 42 heavy (non-hydrogen) atoms. The van der Waals surface area contributed by atoms with Gasteiger partial charge < -0.3 is 19.4 Å². The van der Waals surface area contributed by atoms with Gasteiger partial charge in [-0.3, -0.25) is 19.2 Å². The monoisotopic (exact) mass is 598 g/mol. The molecule has 3 saturated heterocycles. The van der Waals surface area contributed by atoms with Gasteiger partial charge in [-0.15, -0.1) is 0 Å². The average molecular weight is 599 g/mol. The summed E-state index contributed by atoms with van der Waals surface area (Å²) in [5.74, 6) is 1.07. The van der Waals surface area contributed by atoms with Crippen molar-refractivity contribution < 1.29 is 19.1 Å². The highest BCUT2D eigenvalue weighted by Gasteiger charge is 2.42. The van der Waals surface area contributed by atoms with Crippen molar-refractivity contribution in [2.24, 2.45) is 18.9 Å². The lowest BCUT2D eigenvalue weighted by atomic mass is 10.0. The molecule has 1 aromatic carbocycles. The summed E-state index contributed by atoms with van der Waals surface area (Å²) in [7, 11) is 1.88. The van der Waals surface area contributed by atoms with Crippen molar-refractivity contribution in [1.82, 2.24) is 24.5 Å². The number of hydrogen-bond donors (Lipinski definition) is 0. The van der Waals surface area contributed by atoms with Gasteiger partial charge in [0, 0.05) is 89.0 Å². The van der Waals surface area contributed by atoms with Gasteiger partial charge in [-0.2, -0.15) is 5.10 Å². The van der Waals surface area contributed by atoms with Gasteiger partial charge in [0.15, 0.2) is 0 Å². The number of fused-ring (bicyclic) bond motifs is 1. The zero-order valence-corrected chi connectivity index (χ0v) is 26.2. The highest BCUT2D eigenvalue weighted by Crippen LogP contribution is 2.33. The molecule has 5 rings (SSSR count). The fraction of sp³-hybridized carbons (Fsp3) is 0.613. The number of hydrogen-bond acceptors (Lipinski definition) is 6. The van der Waals surface area contributed by atoms with E-state index in [0.717, 1.165) is 67.3 Å². The second-order valence-corrected chi connectivity index (χ2v) is 12.6. The van der Waals surface area contributed by atoms with Gasteiger partial charge in [0.05, 0.1) is 11.3 Å². The molecular weight excluding hydrogens is 556 g/mol. The molecule has 0 aliphatic carbocycles. The van der Waals surface area contributed by atoms with Crippen molar-refractivity contribution in [2.75, 3.05) is 57.3 Å². The van der Waals surface area contributed by atoms with Gasteiger partial charge in [0.25, 0.3) is 5.91 Å². The minimum atomic E-state index is -0.371. The summed E-state index contributed by atoms with van der Waals surface area (Å²) in [4.78, 5) is 46.3. The number of rotatable bonds is 7. The maximum absolute atomic E-state index is 13.4. The Hall–Kier alpha value is -3.11. The Labute approximate surface area is 253 Å². The molecular formula is C31H43ClN6O4. The summed E-state index contributed by atoms with van der Waals surface area (Å²) in [6.07, 6.45) is 1.50. The van der Waals surface area contributed by atoms with E-state index in [1.807, 2.05) is 50.9 Å². The van der Waals surface area contributed by atoms with E-state index < -0.39 is 0 Å². The van der Waals surface area contributed by atoms with Crippen LogP contribution in [-0.2, 0) is 16.6 Å². The van der Waals surface area contributed by atoms with E-state index in [1.54, 1.807) is 21.4 Å². The Morgan fingerprint density at radius 2 is 1.69 bits per heavy atom. The molecule has 0 bridgehead atoms. The second kappa shape index (κ2) is 12.6. The number of carbonyl (C=O) groups excluding carboxylic acids is 3. The van der Waals surface area contributed by atoms with E-state index in [0.29, 0.717) is 49.3 Å². The Bertz CT molecular complexity index is 1320. The average Bonchev–Trinajstić information content (AvgIpc) is 3.59. The first-order valence-corrected chi connectivity index (χ1v) is 15.4. The molecule has 2 aromatic rings. The highest BCUT2D eigenvalue weighted by molar-refractivity contribution is 6.31. The number of aromatic nitrogens is 2. The Balaban J connectivity index is 1.15. The first-order valence-electron chi connectivity index (χ1n) is 15.0. The maximum Gasteiger partial charge on any atom is 0.414 e. The Kier molecular flexibility index (Phi) is 9.13. The molecule has 0 N–H and O–H groups in total. The van der Waals surface area contributed by atoms with Gasteiger partial charge in [-0.1, -0.05) is 17.7 Å². The predicted molar refractivity (Wildman–Crippen MR) is 162 cm³/mol. The van der Waals surface area contributed by atoms with E-state index in [1.165, 1.54) is 0 Å². The summed E-state index contributed by atoms with van der Waals surface area (Å²) in [6.45, 7) is 13.4. The molecule has 3 amide bonds. The van der Waals surface area contributed by atoms with Crippen LogP contribution in [0.4, 0.5) is 10.5 Å². The second-order valence-electron chi connectivity index (χ2n) is 12.2. The molecule has 4 heterocycles. The SMILES string of the molecule is CC(=O)N1CCC(OC(=O)N(CCCN2CC3CN(C(=O)c4c(C)nn(C)c4C)CC3C2)c2ccc(C)c(Cl)c2)CC1. The number of amides is 3. The van der Waals surface area contributed by atoms with Gasteiger partial charge in [-0.25, -0.2) is 4.79 Å². The lowest BCUT2D eigenvalue weighted by molar-refractivity contribution is -0.130. The molecule has 11 heteroatoms. The van der Waals surface area contributed by atoms with Crippen LogP contribution in [0, 0.1) is 32.6 Å². The number of piperidine rings is 1. The number of nitrogens with zero attached hydrogens (tertiary/aromatic N) is 6. The Morgan fingerprint density at radius 1 is 1.02 bits per heavy atom. The third-order valence-electron chi connectivity index (χ3n) is 9.27. The summed E-state index contributed by atoms with van der Waals surface area (Å²) < 4.78 is 7.71. The van der Waals surface area contributed by atoms with Crippen LogP contribution in [0.15, 0.2) is 18.2 Å². The molecule has 3 aliphatic heterocycles. The van der Waals surface area contributed by atoms with Gasteiger partial charge in [0.1, 0.15) is 6.10 Å². The number of ether oxygens (including phenoxy) is 1. The number of aryl methyl sites for hydroxylation is 3. The zero-order valence-electron chi connectivity index (χ0n) is 25.4. The van der Waals surface area contributed by atoms with Crippen LogP contribution in [0.1, 0.15) is 53.5 Å². The molecule has 228 valence electrons. The number of carbonyl (C=O) groups is 3. The molecule has 0 saturated carbocycles. The van der Waals surface area contributed by atoms with Gasteiger partial charge >= 0.3 is 6.09 Å². The smallest absolute Gasteiger partial charge is 0.414 e. The van der Waals surface area contributed by atoms with Crippen LogP contribution in [0.5, 0.6) is 0 Å². The van der Waals surface area contributed by atoms with Crippen molar-refractivity contribution >= 4 is 35.2 Å². The standard InChI is InChI=1S/C31H43ClN6O4/c1-20-7-8-26(15-28(20)32)38(31(41)42-27-9-13-36(14-10-27)23(4)39)12-6-11-35-16-24-18-37(19-25(24)17-35)30(40)29-21(2)33-34(5)22(29)3/h7-8,15,24-25,27H,6,9-14,16-19H2,1-5H3. The van der Waals surface area contributed by atoms with Crippen LogP contribution in [-0.4, -0.2) is 101 Å². The minimum absolute atomic E-state index is 0.0553. The summed E-state index contributed by atoms with van der Waals surface area (Å²) in [5, 5.41) is 5.04.